The number of hydrogen-bond donors (Lipinski definition) is 1. The van der Waals surface area contributed by atoms with Crippen molar-refractivity contribution in [1.29, 1.82) is 0 Å². The molecule has 5 nitrogen and oxygen atoms in total. The Morgan fingerprint density at radius 1 is 0.976 bits per heavy atom. The van der Waals surface area contributed by atoms with Gasteiger partial charge in [0.15, 0.2) is 21.6 Å². The van der Waals surface area contributed by atoms with E-state index >= 15 is 0 Å². The third kappa shape index (κ3) is 11.6. The van der Waals surface area contributed by atoms with Crippen LogP contribution in [-0.4, -0.2) is 36.3 Å². The Morgan fingerprint density at radius 3 is 1.93 bits per heavy atom. The van der Waals surface area contributed by atoms with E-state index in [1.165, 1.54) is 22.7 Å². The SMILES string of the molecule is CCCCC(CC)C(=O)c1nc2c(Br)sc(Br)c2s1.CCCCC(CC)C(=O)c1nc2cscc2s1.[2H]CF.[B]=NS. The molecule has 0 N–H and O–H groups in total. The fourth-order valence-corrected chi connectivity index (χ4v) is 10.1. The van der Waals surface area contributed by atoms with Crippen molar-refractivity contribution in [2.24, 2.45) is 16.1 Å². The number of unbranched alkanes of at least 4 members (excludes halogenated alkanes) is 2. The summed E-state index contributed by atoms with van der Waals surface area (Å²) in [5.41, 5.74) is 1.89. The molecule has 0 bridgehead atoms. The van der Waals surface area contributed by atoms with Gasteiger partial charge in [-0.05, 0) is 57.5 Å². The van der Waals surface area contributed by atoms with Crippen LogP contribution < -0.4 is 0 Å². The molecule has 4 rings (SSSR count). The van der Waals surface area contributed by atoms with E-state index < -0.39 is 7.15 Å². The number of alkyl halides is 1. The predicted octanol–water partition coefficient (Wildman–Crippen LogP) is 11.8. The Bertz CT molecular complexity index is 1320. The van der Waals surface area contributed by atoms with Crippen LogP contribution in [0.1, 0.15) is 100 Å². The number of thiophene rings is 2. The fourth-order valence-electron chi connectivity index (χ4n) is 3.94. The van der Waals surface area contributed by atoms with E-state index in [0.29, 0.717) is 10.0 Å². The van der Waals surface area contributed by atoms with Gasteiger partial charge in [0.2, 0.25) is 0 Å². The van der Waals surface area contributed by atoms with Gasteiger partial charge < -0.3 is 0 Å². The van der Waals surface area contributed by atoms with Gasteiger partial charge in [-0.1, -0.05) is 53.4 Å². The zero-order chi connectivity index (χ0) is 31.7. The van der Waals surface area contributed by atoms with Crippen LogP contribution in [0.4, 0.5) is 4.39 Å². The molecule has 0 amide bonds. The van der Waals surface area contributed by atoms with Gasteiger partial charge in [-0.2, -0.15) is 0 Å². The number of fused-ring (bicyclic) bond motifs is 2. The molecular weight excluding hydrogens is 748 g/mol. The summed E-state index contributed by atoms with van der Waals surface area (Å²) in [6, 6.07) is 0. The Morgan fingerprint density at radius 2 is 1.49 bits per heavy atom. The number of thiol groups is 1. The zero-order valence-electron chi connectivity index (χ0n) is 24.6. The van der Waals surface area contributed by atoms with Gasteiger partial charge in [-0.15, -0.1) is 45.3 Å². The summed E-state index contributed by atoms with van der Waals surface area (Å²) in [6.45, 7) is 8.49. The summed E-state index contributed by atoms with van der Waals surface area (Å²) < 4.78 is 22.5. The second-order valence-electron chi connectivity index (χ2n) is 8.83. The molecule has 0 aliphatic heterocycles. The molecule has 1 radical (unpaired) electrons. The van der Waals surface area contributed by atoms with E-state index in [9.17, 15) is 14.0 Å². The molecule has 0 fully saturated rings. The molecular formula is C27H36BBr2FN3O2S5. The first-order chi connectivity index (χ1) is 20.2. The minimum absolute atomic E-state index is 0.122. The molecule has 0 saturated heterocycles. The molecule has 4 heterocycles. The summed E-state index contributed by atoms with van der Waals surface area (Å²) in [6.07, 6.45) is 8.31. The molecule has 225 valence electrons. The first-order valence-corrected chi connectivity index (χ1v) is 18.6. The molecule has 4 aromatic heterocycles. The normalized spacial score (nSPS) is 12.2. The average Bonchev–Trinajstić information content (AvgIpc) is 3.74. The maximum atomic E-state index is 12.5. The van der Waals surface area contributed by atoms with Gasteiger partial charge >= 0.3 is 24.8 Å². The van der Waals surface area contributed by atoms with Gasteiger partial charge in [0.05, 0.1) is 31.0 Å². The average molecular weight is 786 g/mol. The van der Waals surface area contributed by atoms with Crippen molar-refractivity contribution < 1.29 is 15.4 Å². The molecule has 41 heavy (non-hydrogen) atoms. The van der Waals surface area contributed by atoms with Crippen LogP contribution in [-0.2, 0) is 0 Å². The molecule has 0 aliphatic rings. The first kappa shape index (κ1) is 36.8. The Balaban J connectivity index is 0.000000355. The zero-order valence-corrected chi connectivity index (χ0v) is 31.0. The topological polar surface area (TPSA) is 72.3 Å². The van der Waals surface area contributed by atoms with Crippen LogP contribution in [0.5, 0.6) is 0 Å². The second kappa shape index (κ2) is 21.3. The molecule has 2 unspecified atom stereocenters. The van der Waals surface area contributed by atoms with Crippen LogP contribution in [0.2, 0.25) is 0 Å². The van der Waals surface area contributed by atoms with E-state index in [2.05, 4.69) is 99.7 Å². The number of ketones is 2. The second-order valence-corrected chi connectivity index (χ2v) is 15.5. The standard InChI is InChI=1S/C13H15Br2NOS2.C13H17NOS2.CH3F.BHNS/c1-3-5-6-7(4-2)9(17)13-16-8-10(18-13)12(15)19-11(8)14;1-3-5-6-9(4-2)12(15)13-14-10-7-16-8-11(10)17-13;1-2;1-2-3/h7H,3-6H2,1-2H3;7-9H,3-6H2,1-2H3;1H3;3H/i;;1D;. The third-order valence-corrected chi connectivity index (χ3v) is 12.1. The molecule has 0 aromatic carbocycles. The van der Waals surface area contributed by atoms with E-state index in [1.54, 1.807) is 22.7 Å². The third-order valence-electron chi connectivity index (χ3n) is 6.17. The number of hydrogen-bond acceptors (Lipinski definition) is 10. The molecule has 14 heteroatoms. The van der Waals surface area contributed by atoms with Gasteiger partial charge in [-0.3, -0.25) is 14.0 Å². The maximum absolute atomic E-state index is 12.5. The molecule has 0 spiro atoms. The van der Waals surface area contributed by atoms with Crippen molar-refractivity contribution in [3.63, 3.8) is 0 Å². The van der Waals surface area contributed by atoms with Crippen molar-refractivity contribution in [2.45, 2.75) is 79.1 Å². The quantitative estimate of drug-likeness (QED) is 0.0882. The van der Waals surface area contributed by atoms with Crippen molar-refractivity contribution in [3.8, 4) is 0 Å². The Hall–Kier alpha value is -0.375. The number of rotatable bonds is 12. The van der Waals surface area contributed by atoms with Crippen molar-refractivity contribution in [1.82, 2.24) is 9.97 Å². The Labute approximate surface area is 283 Å². The molecule has 2 atom stereocenters. The van der Waals surface area contributed by atoms with Crippen LogP contribution in [0.25, 0.3) is 20.4 Å². The van der Waals surface area contributed by atoms with Gasteiger partial charge in [0.25, 0.3) is 0 Å². The van der Waals surface area contributed by atoms with Crippen LogP contribution in [0.3, 0.4) is 0 Å². The summed E-state index contributed by atoms with van der Waals surface area (Å²) in [5.74, 6) is 0.735. The first-order valence-electron chi connectivity index (χ1n) is 13.9. The van der Waals surface area contributed by atoms with Gasteiger partial charge in [-0.25, -0.2) is 9.97 Å². The minimum atomic E-state index is -1.00. The van der Waals surface area contributed by atoms with Crippen LogP contribution in [0.15, 0.2) is 22.6 Å². The summed E-state index contributed by atoms with van der Waals surface area (Å²) in [5, 5.41) is 5.43. The van der Waals surface area contributed by atoms with Gasteiger partial charge in [0, 0.05) is 22.6 Å². The summed E-state index contributed by atoms with van der Waals surface area (Å²) >= 11 is 16.5. The van der Waals surface area contributed by atoms with Crippen molar-refractivity contribution in [2.75, 3.05) is 7.15 Å². The van der Waals surface area contributed by atoms with E-state index in [4.69, 9.17) is 1.37 Å². The number of halogens is 3. The van der Waals surface area contributed by atoms with Gasteiger partial charge in [0.1, 0.15) is 5.52 Å². The Kier molecular flexibility index (Phi) is 19.2. The molecule has 0 saturated carbocycles. The number of nitrogens with zero attached hydrogens (tertiary/aromatic N) is 3. The number of thiazole rings is 2. The van der Waals surface area contributed by atoms with Crippen LogP contribution in [0, 0.1) is 11.8 Å². The number of Topliss-reactive ketones (excluding diaryl/α,β-unsaturated/α-hetero) is 2. The molecule has 4 aromatic rings. The van der Waals surface area contributed by atoms with Crippen molar-refractivity contribution in [3.05, 3.63) is 28.3 Å². The van der Waals surface area contributed by atoms with E-state index in [0.717, 1.165) is 79.4 Å². The van der Waals surface area contributed by atoms with Crippen molar-refractivity contribution >= 4 is 130 Å². The van der Waals surface area contributed by atoms with E-state index in [-0.39, 0.29) is 23.4 Å². The number of carbonyl (C=O) groups is 2. The van der Waals surface area contributed by atoms with E-state index in [1.807, 2.05) is 5.38 Å². The fraction of sp³-hybridized carbons (Fsp3) is 0.556. The monoisotopic (exact) mass is 783 g/mol. The molecule has 0 aliphatic carbocycles. The van der Waals surface area contributed by atoms with Crippen LogP contribution >= 0.6 is 90.0 Å². The summed E-state index contributed by atoms with van der Waals surface area (Å²) in [4.78, 5) is 33.7. The number of carbonyl (C=O) groups excluding carboxylic acids is 2. The predicted molar refractivity (Wildman–Crippen MR) is 190 cm³/mol. The number of aromatic nitrogens is 2. The summed E-state index contributed by atoms with van der Waals surface area (Å²) in [7, 11) is 3.34.